The third-order valence-corrected chi connectivity index (χ3v) is 7.69. The molecule has 0 radical (unpaired) electrons. The lowest BCUT2D eigenvalue weighted by molar-refractivity contribution is -0.384. The number of azo groups is 1. The largest absolute Gasteiger partial charge is 0.494 e. The highest BCUT2D eigenvalue weighted by Crippen LogP contribution is 2.48. The number of non-ortho nitro benzene ring substituents is 1. The fourth-order valence-corrected chi connectivity index (χ4v) is 5.81. The summed E-state index contributed by atoms with van der Waals surface area (Å²) in [5.41, 5.74) is 0.989. The highest BCUT2D eigenvalue weighted by atomic mass is 32.2. The van der Waals surface area contributed by atoms with Crippen LogP contribution < -0.4 is 9.64 Å². The smallest absolute Gasteiger partial charge is 0.269 e. The maximum atomic E-state index is 11.8. The van der Waals surface area contributed by atoms with Crippen LogP contribution in [0.4, 0.5) is 22.7 Å². The van der Waals surface area contributed by atoms with Crippen LogP contribution >= 0.6 is 0 Å². The summed E-state index contributed by atoms with van der Waals surface area (Å²) >= 11 is 0. The lowest BCUT2D eigenvalue weighted by Crippen LogP contribution is -2.50. The second-order valence-corrected chi connectivity index (χ2v) is 12.4. The number of nitro groups is 1. The molecule has 0 amide bonds. The number of anilines is 1. The molecular formula is C22H28N4O9S2. The summed E-state index contributed by atoms with van der Waals surface area (Å²) in [5.74, 6) is -1.29. The fraction of sp³-hybridized carbons (Fsp3) is 0.455. The number of benzene rings is 2. The van der Waals surface area contributed by atoms with Crippen molar-refractivity contribution in [2.45, 2.75) is 38.1 Å². The molecular weight excluding hydrogens is 528 g/mol. The fourth-order valence-electron chi connectivity index (χ4n) is 4.51. The van der Waals surface area contributed by atoms with Gasteiger partial charge in [0.1, 0.15) is 11.4 Å². The van der Waals surface area contributed by atoms with Crippen LogP contribution in [0.15, 0.2) is 46.6 Å². The monoisotopic (exact) mass is 556 g/mol. The number of rotatable bonds is 10. The minimum Gasteiger partial charge on any atom is -0.494 e. The molecule has 37 heavy (non-hydrogen) atoms. The van der Waals surface area contributed by atoms with Crippen molar-refractivity contribution in [3.05, 3.63) is 52.1 Å². The number of nitro benzene ring substituents is 1. The molecule has 3 rings (SSSR count). The van der Waals surface area contributed by atoms with E-state index in [-0.39, 0.29) is 24.3 Å². The molecule has 0 fully saturated rings. The van der Waals surface area contributed by atoms with Crippen LogP contribution in [0.5, 0.6) is 5.75 Å². The van der Waals surface area contributed by atoms with E-state index in [4.69, 9.17) is 9.29 Å². The average Bonchev–Trinajstić information content (AvgIpc) is 2.77. The SMILES string of the molecule is COc1cc2c(cc1N=Nc1ccc([N+](=O)[O-])cc1)C(CS(=O)(=O)O)CC(C)(C)N2CCCS(=O)(=O)O. The maximum Gasteiger partial charge on any atom is 0.269 e. The van der Waals surface area contributed by atoms with Crippen LogP contribution in [-0.2, 0) is 20.2 Å². The van der Waals surface area contributed by atoms with E-state index in [9.17, 15) is 31.5 Å². The zero-order valence-electron chi connectivity index (χ0n) is 20.4. The Morgan fingerprint density at radius 1 is 1.11 bits per heavy atom. The molecule has 0 bridgehead atoms. The quantitative estimate of drug-likeness (QED) is 0.185. The van der Waals surface area contributed by atoms with Gasteiger partial charge in [0.15, 0.2) is 0 Å². The molecule has 0 aromatic heterocycles. The Hall–Kier alpha value is -3.14. The summed E-state index contributed by atoms with van der Waals surface area (Å²) in [6.07, 6.45) is 0.436. The van der Waals surface area contributed by atoms with E-state index in [1.165, 1.54) is 31.4 Å². The lowest BCUT2D eigenvalue weighted by Gasteiger charge is -2.48. The minimum absolute atomic E-state index is 0.102. The number of hydrogen-bond donors (Lipinski definition) is 2. The van der Waals surface area contributed by atoms with E-state index in [1.54, 1.807) is 12.1 Å². The molecule has 2 aromatic rings. The van der Waals surface area contributed by atoms with Crippen LogP contribution in [0.25, 0.3) is 0 Å². The van der Waals surface area contributed by atoms with Gasteiger partial charge in [0.2, 0.25) is 0 Å². The number of hydrogen-bond acceptors (Lipinski definition) is 10. The molecule has 0 aliphatic carbocycles. The first-order chi connectivity index (χ1) is 17.1. The summed E-state index contributed by atoms with van der Waals surface area (Å²) in [4.78, 5) is 12.2. The molecule has 1 aliphatic heterocycles. The molecule has 15 heteroatoms. The topological polar surface area (TPSA) is 189 Å². The third-order valence-electron chi connectivity index (χ3n) is 6.06. The van der Waals surface area contributed by atoms with Gasteiger partial charge in [0.25, 0.3) is 25.9 Å². The van der Waals surface area contributed by atoms with Gasteiger partial charge in [-0.25, -0.2) is 0 Å². The molecule has 1 atom stereocenters. The molecule has 1 aliphatic rings. The van der Waals surface area contributed by atoms with Gasteiger partial charge < -0.3 is 9.64 Å². The molecule has 2 N–H and O–H groups in total. The average molecular weight is 557 g/mol. The molecule has 13 nitrogen and oxygen atoms in total. The molecule has 1 unspecified atom stereocenters. The summed E-state index contributed by atoms with van der Waals surface area (Å²) < 4.78 is 70.3. The van der Waals surface area contributed by atoms with Gasteiger partial charge in [0.05, 0.1) is 29.2 Å². The van der Waals surface area contributed by atoms with Gasteiger partial charge in [-0.2, -0.15) is 21.9 Å². The van der Waals surface area contributed by atoms with Crippen molar-refractivity contribution in [3.8, 4) is 5.75 Å². The Balaban J connectivity index is 2.06. The van der Waals surface area contributed by atoms with Crippen LogP contribution in [-0.4, -0.2) is 61.6 Å². The molecule has 0 saturated carbocycles. The first-order valence-corrected chi connectivity index (χ1v) is 14.4. The third kappa shape index (κ3) is 7.44. The summed E-state index contributed by atoms with van der Waals surface area (Å²) in [6.45, 7) is 3.98. The molecule has 1 heterocycles. The molecule has 2 aromatic carbocycles. The summed E-state index contributed by atoms with van der Waals surface area (Å²) in [5, 5.41) is 19.2. The predicted octanol–water partition coefficient (Wildman–Crippen LogP) is 4.26. The number of ether oxygens (including phenoxy) is 1. The Labute approximate surface area is 214 Å². The summed E-state index contributed by atoms with van der Waals surface area (Å²) in [7, 11) is -7.08. The van der Waals surface area contributed by atoms with E-state index in [0.717, 1.165) is 0 Å². The van der Waals surface area contributed by atoms with Crippen LogP contribution in [0.2, 0.25) is 0 Å². The minimum atomic E-state index is -4.34. The Bertz CT molecular complexity index is 1410. The van der Waals surface area contributed by atoms with Gasteiger partial charge >= 0.3 is 0 Å². The van der Waals surface area contributed by atoms with Crippen molar-refractivity contribution < 1.29 is 35.6 Å². The van der Waals surface area contributed by atoms with Crippen molar-refractivity contribution in [2.24, 2.45) is 10.2 Å². The first kappa shape index (κ1) is 28.4. The van der Waals surface area contributed by atoms with Crippen LogP contribution in [0.3, 0.4) is 0 Å². The standard InChI is InChI=1S/C22H28N4O9S2/c1-22(2)13-15(14-37(32,33)34)18-11-19(24-23-16-5-7-17(8-6-16)26(27)28)21(35-3)12-20(18)25(22)9-4-10-36(29,30)31/h5-8,11-12,15H,4,9-10,13-14H2,1-3H3,(H,29,30,31)(H,32,33,34). The number of fused-ring (bicyclic) bond motifs is 1. The zero-order chi connectivity index (χ0) is 27.6. The normalized spacial score (nSPS) is 17.5. The highest BCUT2D eigenvalue weighted by Gasteiger charge is 2.40. The molecule has 0 saturated heterocycles. The lowest BCUT2D eigenvalue weighted by atomic mass is 9.79. The maximum absolute atomic E-state index is 11.8. The van der Waals surface area contributed by atoms with Crippen molar-refractivity contribution in [2.75, 3.05) is 30.1 Å². The van der Waals surface area contributed by atoms with E-state index in [0.29, 0.717) is 29.1 Å². The van der Waals surface area contributed by atoms with Crippen LogP contribution in [0, 0.1) is 10.1 Å². The summed E-state index contributed by atoms with van der Waals surface area (Å²) in [6, 6.07) is 8.66. The number of methoxy groups -OCH3 is 1. The Morgan fingerprint density at radius 3 is 2.30 bits per heavy atom. The van der Waals surface area contributed by atoms with E-state index in [1.807, 2.05) is 18.7 Å². The first-order valence-electron chi connectivity index (χ1n) is 11.2. The molecule has 0 spiro atoms. The Morgan fingerprint density at radius 2 is 1.76 bits per heavy atom. The predicted molar refractivity (Wildman–Crippen MR) is 136 cm³/mol. The number of nitrogens with zero attached hydrogens (tertiary/aromatic N) is 4. The Kier molecular flexibility index (Phi) is 8.21. The van der Waals surface area contributed by atoms with E-state index in [2.05, 4.69) is 10.2 Å². The van der Waals surface area contributed by atoms with Crippen molar-refractivity contribution >= 4 is 43.0 Å². The second kappa shape index (κ2) is 10.7. The van der Waals surface area contributed by atoms with Crippen LogP contribution in [0.1, 0.15) is 38.2 Å². The second-order valence-electron chi connectivity index (χ2n) is 9.31. The van der Waals surface area contributed by atoms with Crippen molar-refractivity contribution in [1.82, 2.24) is 0 Å². The van der Waals surface area contributed by atoms with E-state index >= 15 is 0 Å². The highest BCUT2D eigenvalue weighted by molar-refractivity contribution is 7.86. The van der Waals surface area contributed by atoms with E-state index < -0.39 is 48.1 Å². The van der Waals surface area contributed by atoms with Gasteiger partial charge in [-0.3, -0.25) is 19.2 Å². The van der Waals surface area contributed by atoms with Gasteiger partial charge in [-0.1, -0.05) is 0 Å². The molecule has 202 valence electrons. The van der Waals surface area contributed by atoms with Gasteiger partial charge in [-0.15, -0.1) is 5.11 Å². The zero-order valence-corrected chi connectivity index (χ0v) is 22.1. The van der Waals surface area contributed by atoms with Gasteiger partial charge in [-0.05, 0) is 50.5 Å². The van der Waals surface area contributed by atoms with Gasteiger partial charge in [0, 0.05) is 41.9 Å². The van der Waals surface area contributed by atoms with Crippen molar-refractivity contribution in [3.63, 3.8) is 0 Å². The van der Waals surface area contributed by atoms with Crippen molar-refractivity contribution in [1.29, 1.82) is 0 Å².